The lowest BCUT2D eigenvalue weighted by Crippen LogP contribution is -2.27. The summed E-state index contributed by atoms with van der Waals surface area (Å²) >= 11 is 0. The maximum Gasteiger partial charge on any atom is 0.183 e. The van der Waals surface area contributed by atoms with Crippen molar-refractivity contribution in [2.24, 2.45) is 5.92 Å². The van der Waals surface area contributed by atoms with Crippen LogP contribution in [0.15, 0.2) is 36.4 Å². The number of hydrogen-bond donors (Lipinski definition) is 0. The van der Waals surface area contributed by atoms with Gasteiger partial charge in [0.2, 0.25) is 0 Å². The van der Waals surface area contributed by atoms with Crippen LogP contribution in [-0.4, -0.2) is 20.3 Å². The van der Waals surface area contributed by atoms with Gasteiger partial charge in [-0.25, -0.2) is 8.78 Å². The third-order valence-electron chi connectivity index (χ3n) is 5.13. The minimum atomic E-state index is -0.603. The fourth-order valence-electron chi connectivity index (χ4n) is 3.47. The molecule has 152 valence electrons. The van der Waals surface area contributed by atoms with Crippen molar-refractivity contribution < 1.29 is 23.0 Å². The largest absolute Gasteiger partial charge is 0.380 e. The van der Waals surface area contributed by atoms with Crippen LogP contribution < -0.4 is 0 Å². The molecule has 5 heteroatoms. The van der Waals surface area contributed by atoms with Crippen LogP contribution in [0.5, 0.6) is 0 Å². The summed E-state index contributed by atoms with van der Waals surface area (Å²) in [6, 6.07) is 10.1. The van der Waals surface area contributed by atoms with E-state index in [0.717, 1.165) is 17.5 Å². The van der Waals surface area contributed by atoms with Gasteiger partial charge in [-0.2, -0.15) is 0 Å². The van der Waals surface area contributed by atoms with Crippen LogP contribution in [0, 0.1) is 17.6 Å². The SMILES string of the molecule is CCCCCC1COC(c2ccc(-c3cc(F)c(COC)c(F)c3)cc2)OC1. The number of rotatable bonds is 8. The molecule has 3 nitrogen and oxygen atoms in total. The van der Waals surface area contributed by atoms with Gasteiger partial charge in [0.15, 0.2) is 6.29 Å². The van der Waals surface area contributed by atoms with Gasteiger partial charge in [0.05, 0.1) is 19.8 Å². The molecule has 1 heterocycles. The van der Waals surface area contributed by atoms with Crippen molar-refractivity contribution in [3.05, 3.63) is 59.2 Å². The molecule has 0 spiro atoms. The zero-order valence-electron chi connectivity index (χ0n) is 16.5. The Morgan fingerprint density at radius 3 is 2.18 bits per heavy atom. The first-order valence-electron chi connectivity index (χ1n) is 9.92. The van der Waals surface area contributed by atoms with Crippen LogP contribution in [0.4, 0.5) is 8.78 Å². The molecule has 0 N–H and O–H groups in total. The van der Waals surface area contributed by atoms with E-state index in [1.807, 2.05) is 24.3 Å². The molecule has 0 amide bonds. The van der Waals surface area contributed by atoms with Crippen LogP contribution >= 0.6 is 0 Å². The van der Waals surface area contributed by atoms with E-state index in [1.54, 1.807) is 0 Å². The normalized spacial score (nSPS) is 19.7. The number of ether oxygens (including phenoxy) is 3. The highest BCUT2D eigenvalue weighted by atomic mass is 19.1. The molecule has 0 atom stereocenters. The molecule has 1 aliphatic heterocycles. The second kappa shape index (κ2) is 10.1. The lowest BCUT2D eigenvalue weighted by atomic mass is 10.0. The minimum Gasteiger partial charge on any atom is -0.380 e. The number of methoxy groups -OCH3 is 1. The molecule has 0 bridgehead atoms. The molecule has 28 heavy (non-hydrogen) atoms. The van der Waals surface area contributed by atoms with Gasteiger partial charge in [-0.05, 0) is 29.7 Å². The Hall–Kier alpha value is -1.82. The van der Waals surface area contributed by atoms with E-state index in [2.05, 4.69) is 6.92 Å². The average Bonchev–Trinajstić information content (AvgIpc) is 2.71. The topological polar surface area (TPSA) is 27.7 Å². The van der Waals surface area contributed by atoms with Gasteiger partial charge in [-0.1, -0.05) is 50.5 Å². The Bertz CT molecular complexity index is 730. The van der Waals surface area contributed by atoms with E-state index < -0.39 is 11.6 Å². The Balaban J connectivity index is 1.63. The van der Waals surface area contributed by atoms with Crippen molar-refractivity contribution in [2.45, 2.75) is 45.5 Å². The highest BCUT2D eigenvalue weighted by Gasteiger charge is 2.23. The second-order valence-electron chi connectivity index (χ2n) is 7.33. The third kappa shape index (κ3) is 5.16. The highest BCUT2D eigenvalue weighted by Crippen LogP contribution is 2.30. The van der Waals surface area contributed by atoms with Crippen LogP contribution in [0.1, 0.15) is 50.0 Å². The summed E-state index contributed by atoms with van der Waals surface area (Å²) in [7, 11) is 1.41. The zero-order chi connectivity index (χ0) is 19.9. The van der Waals surface area contributed by atoms with Crippen molar-refractivity contribution in [3.8, 4) is 11.1 Å². The highest BCUT2D eigenvalue weighted by molar-refractivity contribution is 5.64. The van der Waals surface area contributed by atoms with E-state index in [0.29, 0.717) is 24.7 Å². The van der Waals surface area contributed by atoms with Gasteiger partial charge >= 0.3 is 0 Å². The quantitative estimate of drug-likeness (QED) is 0.516. The van der Waals surface area contributed by atoms with Crippen molar-refractivity contribution in [1.29, 1.82) is 0 Å². The predicted molar refractivity (Wildman–Crippen MR) is 105 cm³/mol. The predicted octanol–water partition coefficient (Wildman–Crippen LogP) is 6.02. The van der Waals surface area contributed by atoms with E-state index >= 15 is 0 Å². The summed E-state index contributed by atoms with van der Waals surface area (Å²) in [6.07, 6.45) is 4.43. The van der Waals surface area contributed by atoms with Crippen LogP contribution in [-0.2, 0) is 20.8 Å². The lowest BCUT2D eigenvalue weighted by Gasteiger charge is -2.29. The Morgan fingerprint density at radius 2 is 1.61 bits per heavy atom. The summed E-state index contributed by atoms with van der Waals surface area (Å²) < 4.78 is 44.9. The summed E-state index contributed by atoms with van der Waals surface area (Å²) in [5, 5.41) is 0. The van der Waals surface area contributed by atoms with Crippen LogP contribution in [0.3, 0.4) is 0 Å². The Labute approximate surface area is 165 Å². The van der Waals surface area contributed by atoms with Crippen LogP contribution in [0.25, 0.3) is 11.1 Å². The second-order valence-corrected chi connectivity index (χ2v) is 7.33. The molecule has 0 saturated carbocycles. The first-order chi connectivity index (χ1) is 13.6. The van der Waals surface area contributed by atoms with Crippen molar-refractivity contribution in [2.75, 3.05) is 20.3 Å². The summed E-state index contributed by atoms with van der Waals surface area (Å²) in [5.41, 5.74) is 2.08. The first kappa shape index (κ1) is 20.9. The Morgan fingerprint density at radius 1 is 0.964 bits per heavy atom. The van der Waals surface area contributed by atoms with Gasteiger partial charge in [0, 0.05) is 24.2 Å². The van der Waals surface area contributed by atoms with Crippen LogP contribution in [0.2, 0.25) is 0 Å². The third-order valence-corrected chi connectivity index (χ3v) is 5.13. The molecule has 0 unspecified atom stereocenters. The molecule has 2 aromatic carbocycles. The van der Waals surface area contributed by atoms with E-state index in [-0.39, 0.29) is 18.5 Å². The molecule has 0 radical (unpaired) electrons. The number of hydrogen-bond acceptors (Lipinski definition) is 3. The van der Waals surface area contributed by atoms with Gasteiger partial charge in [0.1, 0.15) is 11.6 Å². The molecule has 0 aliphatic carbocycles. The lowest BCUT2D eigenvalue weighted by molar-refractivity contribution is -0.206. The van der Waals surface area contributed by atoms with E-state index in [9.17, 15) is 8.78 Å². The van der Waals surface area contributed by atoms with E-state index in [1.165, 1.54) is 38.5 Å². The fraction of sp³-hybridized carbons (Fsp3) is 0.478. The average molecular weight is 390 g/mol. The molecule has 3 rings (SSSR count). The van der Waals surface area contributed by atoms with Crippen molar-refractivity contribution in [1.82, 2.24) is 0 Å². The van der Waals surface area contributed by atoms with Gasteiger partial charge in [0.25, 0.3) is 0 Å². The number of halogens is 2. The molecule has 0 aromatic heterocycles. The molecular formula is C23H28F2O3. The van der Waals surface area contributed by atoms with Crippen molar-refractivity contribution in [3.63, 3.8) is 0 Å². The standard InChI is InChI=1S/C23H28F2O3/c1-3-4-5-6-16-13-27-23(28-14-16)18-9-7-17(8-10-18)19-11-21(24)20(15-26-2)22(25)12-19/h7-12,16,23H,3-6,13-15H2,1-2H3. The molecule has 1 fully saturated rings. The van der Waals surface area contributed by atoms with Crippen molar-refractivity contribution >= 4 is 0 Å². The molecular weight excluding hydrogens is 362 g/mol. The smallest absolute Gasteiger partial charge is 0.183 e. The molecule has 1 aliphatic rings. The molecule has 2 aromatic rings. The summed E-state index contributed by atoms with van der Waals surface area (Å²) in [4.78, 5) is 0. The molecule has 1 saturated heterocycles. The summed E-state index contributed by atoms with van der Waals surface area (Å²) in [6.45, 7) is 3.51. The van der Waals surface area contributed by atoms with Gasteiger partial charge in [-0.15, -0.1) is 0 Å². The zero-order valence-corrected chi connectivity index (χ0v) is 16.5. The van der Waals surface area contributed by atoms with Gasteiger partial charge < -0.3 is 14.2 Å². The minimum absolute atomic E-state index is 0.0552. The maximum absolute atomic E-state index is 14.1. The van der Waals surface area contributed by atoms with E-state index in [4.69, 9.17) is 14.2 Å². The fourth-order valence-corrected chi connectivity index (χ4v) is 3.47. The first-order valence-corrected chi connectivity index (χ1v) is 9.92. The summed E-state index contributed by atoms with van der Waals surface area (Å²) in [5.74, 6) is -0.749. The maximum atomic E-state index is 14.1. The van der Waals surface area contributed by atoms with Gasteiger partial charge in [-0.3, -0.25) is 0 Å². The number of benzene rings is 2. The Kier molecular flexibility index (Phi) is 7.54. The monoisotopic (exact) mass is 390 g/mol. The number of unbranched alkanes of at least 4 members (excludes halogenated alkanes) is 2.